The van der Waals surface area contributed by atoms with Crippen molar-refractivity contribution in [2.45, 2.75) is 0 Å². The number of nitrogens with one attached hydrogen (secondary N) is 1. The number of para-hydroxylation sites is 3. The van der Waals surface area contributed by atoms with Crippen molar-refractivity contribution in [3.63, 3.8) is 0 Å². The van der Waals surface area contributed by atoms with Crippen molar-refractivity contribution in [2.24, 2.45) is 0 Å². The van der Waals surface area contributed by atoms with E-state index in [0.717, 1.165) is 55.5 Å². The number of rotatable bonds is 2. The zero-order valence-corrected chi connectivity index (χ0v) is 23.6. The predicted molar refractivity (Wildman–Crippen MR) is 184 cm³/mol. The first kappa shape index (κ1) is 23.6. The van der Waals surface area contributed by atoms with E-state index >= 15 is 0 Å². The molecule has 0 radical (unpaired) electrons. The summed E-state index contributed by atoms with van der Waals surface area (Å²) in [4.78, 5) is 9.20. The predicted octanol–water partition coefficient (Wildman–Crippen LogP) is 11.4. The minimum absolute atomic E-state index is 0.788. The number of hydrogen-bond donors (Lipinski definition) is 1. The minimum atomic E-state index is 0.788. The molecule has 0 aliphatic heterocycles. The lowest BCUT2D eigenvalue weighted by Gasteiger charge is -2.16. The smallest absolute Gasteiger partial charge is 0.154 e. The van der Waals surface area contributed by atoms with Crippen LogP contribution in [0.2, 0.25) is 0 Å². The molecule has 0 aliphatic carbocycles. The Morgan fingerprint density at radius 3 is 1.77 bits per heavy atom. The van der Waals surface area contributed by atoms with Crippen molar-refractivity contribution in [1.82, 2.24) is 9.97 Å². The highest BCUT2D eigenvalue weighted by Gasteiger charge is 2.21. The van der Waals surface area contributed by atoms with Crippen molar-refractivity contribution in [2.75, 3.05) is 0 Å². The van der Waals surface area contributed by atoms with Crippen molar-refractivity contribution in [3.8, 4) is 22.4 Å². The van der Waals surface area contributed by atoms with Crippen molar-refractivity contribution >= 4 is 76.2 Å². The molecule has 3 aromatic heterocycles. The monoisotopic (exact) mass is 560 g/mol. The van der Waals surface area contributed by atoms with Gasteiger partial charge in [0.1, 0.15) is 11.1 Å². The van der Waals surface area contributed by atoms with E-state index in [9.17, 15) is 0 Å². The van der Waals surface area contributed by atoms with Gasteiger partial charge in [-0.25, -0.2) is 4.98 Å². The Balaban J connectivity index is 1.40. The van der Waals surface area contributed by atoms with Gasteiger partial charge in [-0.3, -0.25) is 0 Å². The van der Waals surface area contributed by atoms with E-state index in [1.807, 2.05) is 18.2 Å². The number of hydrogen-bond acceptors (Lipinski definition) is 2. The van der Waals surface area contributed by atoms with Crippen LogP contribution in [0.1, 0.15) is 0 Å². The van der Waals surface area contributed by atoms with Crippen LogP contribution in [-0.4, -0.2) is 9.97 Å². The lowest BCUT2D eigenvalue weighted by Crippen LogP contribution is -1.93. The molecule has 0 aliphatic rings. The van der Waals surface area contributed by atoms with Crippen molar-refractivity contribution in [1.29, 1.82) is 0 Å². The number of fused-ring (bicyclic) bond motifs is 12. The summed E-state index contributed by atoms with van der Waals surface area (Å²) in [6, 6.07) is 49.6. The summed E-state index contributed by atoms with van der Waals surface area (Å²) in [6.07, 6.45) is 0. The van der Waals surface area contributed by atoms with E-state index in [1.54, 1.807) is 0 Å². The molecule has 10 aromatic rings. The average molecular weight is 561 g/mol. The number of benzene rings is 7. The first-order valence-electron chi connectivity index (χ1n) is 15.0. The standard InChI is InChI=1S/C41H24N2O/c1-2-12-26-24(11-1)25-13-3-4-15-28(25)38-29(26)17-9-18-30(38)34-23-37-41(32-16-6-8-22-36(32)44-37)43-40(34)33-20-10-19-31-27-14-5-7-21-35(27)42-39(31)33/h1-23,42H. The molecule has 0 saturated carbocycles. The molecule has 0 amide bonds. The Kier molecular flexibility index (Phi) is 4.72. The molecule has 0 unspecified atom stereocenters. The maximum absolute atomic E-state index is 6.44. The SMILES string of the molecule is c1ccc2c(c1)[nH]c1c(-c3nc4c(cc3-c3cccc5c6ccccc6c6ccccc6c35)oc3ccccc34)cccc12. The van der Waals surface area contributed by atoms with Gasteiger partial charge in [0, 0.05) is 32.8 Å². The van der Waals surface area contributed by atoms with E-state index in [1.165, 1.54) is 43.1 Å². The van der Waals surface area contributed by atoms with E-state index < -0.39 is 0 Å². The van der Waals surface area contributed by atoms with Crippen LogP contribution in [0.25, 0.3) is 98.6 Å². The molecule has 3 heteroatoms. The Labute approximate surface area is 252 Å². The van der Waals surface area contributed by atoms with E-state index in [2.05, 4.69) is 126 Å². The van der Waals surface area contributed by atoms with Gasteiger partial charge in [0.25, 0.3) is 0 Å². The molecule has 3 nitrogen and oxygen atoms in total. The van der Waals surface area contributed by atoms with Crippen LogP contribution in [0.3, 0.4) is 0 Å². The summed E-state index contributed by atoms with van der Waals surface area (Å²) >= 11 is 0. The van der Waals surface area contributed by atoms with Crippen LogP contribution in [0.5, 0.6) is 0 Å². The maximum Gasteiger partial charge on any atom is 0.154 e. The fourth-order valence-electron chi connectivity index (χ4n) is 7.30. The van der Waals surface area contributed by atoms with Gasteiger partial charge >= 0.3 is 0 Å². The maximum atomic E-state index is 6.44. The van der Waals surface area contributed by atoms with Gasteiger partial charge in [-0.05, 0) is 62.1 Å². The van der Waals surface area contributed by atoms with Crippen molar-refractivity contribution in [3.05, 3.63) is 140 Å². The number of nitrogens with zero attached hydrogens (tertiary/aromatic N) is 1. The first-order valence-corrected chi connectivity index (χ1v) is 15.0. The minimum Gasteiger partial charge on any atom is -0.454 e. The lowest BCUT2D eigenvalue weighted by molar-refractivity contribution is 0.668. The van der Waals surface area contributed by atoms with Gasteiger partial charge in [-0.15, -0.1) is 0 Å². The summed E-state index contributed by atoms with van der Waals surface area (Å²) in [5.41, 5.74) is 8.92. The number of aromatic nitrogens is 2. The Bertz CT molecular complexity index is 2740. The fourth-order valence-corrected chi connectivity index (χ4v) is 7.30. The van der Waals surface area contributed by atoms with Gasteiger partial charge < -0.3 is 9.40 Å². The number of H-pyrrole nitrogens is 1. The van der Waals surface area contributed by atoms with Gasteiger partial charge in [0.05, 0.1) is 11.2 Å². The van der Waals surface area contributed by atoms with Crippen LogP contribution in [0.15, 0.2) is 144 Å². The summed E-state index contributed by atoms with van der Waals surface area (Å²) in [6.45, 7) is 0. The third-order valence-electron chi connectivity index (χ3n) is 9.20. The fraction of sp³-hybridized carbons (Fsp3) is 0. The summed E-state index contributed by atoms with van der Waals surface area (Å²) in [5.74, 6) is 0. The highest BCUT2D eigenvalue weighted by molar-refractivity contribution is 6.29. The molecule has 0 bridgehead atoms. The van der Waals surface area contributed by atoms with Gasteiger partial charge in [0.15, 0.2) is 5.58 Å². The summed E-state index contributed by atoms with van der Waals surface area (Å²) in [5, 5.41) is 10.9. The van der Waals surface area contributed by atoms with Crippen LogP contribution >= 0.6 is 0 Å². The molecule has 0 saturated heterocycles. The van der Waals surface area contributed by atoms with Crippen LogP contribution < -0.4 is 0 Å². The molecular weight excluding hydrogens is 536 g/mol. The number of pyridine rings is 1. The second kappa shape index (κ2) is 8.79. The molecule has 204 valence electrons. The third-order valence-corrected chi connectivity index (χ3v) is 9.20. The topological polar surface area (TPSA) is 41.8 Å². The number of furan rings is 1. The largest absolute Gasteiger partial charge is 0.454 e. The van der Waals surface area contributed by atoms with E-state index in [0.29, 0.717) is 0 Å². The Morgan fingerprint density at radius 2 is 1.00 bits per heavy atom. The molecule has 7 aromatic carbocycles. The van der Waals surface area contributed by atoms with Crippen LogP contribution in [0, 0.1) is 0 Å². The first-order chi connectivity index (χ1) is 21.8. The zero-order valence-electron chi connectivity index (χ0n) is 23.6. The summed E-state index contributed by atoms with van der Waals surface area (Å²) in [7, 11) is 0. The summed E-state index contributed by atoms with van der Waals surface area (Å²) < 4.78 is 6.44. The van der Waals surface area contributed by atoms with Gasteiger partial charge in [-0.2, -0.15) is 0 Å². The molecule has 0 fully saturated rings. The highest BCUT2D eigenvalue weighted by atomic mass is 16.3. The molecule has 44 heavy (non-hydrogen) atoms. The Hall–Kier alpha value is -5.93. The van der Waals surface area contributed by atoms with Crippen LogP contribution in [-0.2, 0) is 0 Å². The van der Waals surface area contributed by atoms with E-state index in [-0.39, 0.29) is 0 Å². The molecule has 0 spiro atoms. The molecule has 1 N–H and O–H groups in total. The van der Waals surface area contributed by atoms with Crippen molar-refractivity contribution < 1.29 is 4.42 Å². The average Bonchev–Trinajstić information content (AvgIpc) is 3.65. The van der Waals surface area contributed by atoms with Gasteiger partial charge in [0.2, 0.25) is 0 Å². The Morgan fingerprint density at radius 1 is 0.432 bits per heavy atom. The quantitative estimate of drug-likeness (QED) is 0.214. The third kappa shape index (κ3) is 3.18. The molecule has 0 atom stereocenters. The van der Waals surface area contributed by atoms with Gasteiger partial charge in [-0.1, -0.05) is 115 Å². The van der Waals surface area contributed by atoms with Crippen LogP contribution in [0.4, 0.5) is 0 Å². The zero-order chi connectivity index (χ0) is 28.8. The second-order valence-corrected chi connectivity index (χ2v) is 11.5. The molecular formula is C41H24N2O. The lowest BCUT2D eigenvalue weighted by atomic mass is 9.88. The number of aromatic amines is 1. The highest BCUT2D eigenvalue weighted by Crippen LogP contribution is 2.45. The van der Waals surface area contributed by atoms with E-state index in [4.69, 9.17) is 9.40 Å². The normalized spacial score (nSPS) is 12.1. The second-order valence-electron chi connectivity index (χ2n) is 11.5. The molecule has 10 rings (SSSR count). The molecule has 3 heterocycles.